The highest BCUT2D eigenvalue weighted by Gasteiger charge is 2.07. The van der Waals surface area contributed by atoms with Crippen molar-refractivity contribution in [1.29, 1.82) is 0 Å². The second kappa shape index (κ2) is 8.77. The fraction of sp³-hybridized carbons (Fsp3) is 0.350. The zero-order valence-electron chi connectivity index (χ0n) is 15.1. The largest absolute Gasteiger partial charge is 0.491 e. The van der Waals surface area contributed by atoms with Gasteiger partial charge < -0.3 is 14.8 Å². The SMILES string of the molecule is Cc1cc(OCC(=O)NCc2ccc(OC(C)C)cc2)cc(C)c1Cl. The molecule has 0 unspecified atom stereocenters. The van der Waals surface area contributed by atoms with Gasteiger partial charge >= 0.3 is 0 Å². The number of ether oxygens (including phenoxy) is 2. The van der Waals surface area contributed by atoms with Gasteiger partial charge in [0.25, 0.3) is 5.91 Å². The van der Waals surface area contributed by atoms with Crippen LogP contribution >= 0.6 is 11.6 Å². The molecule has 0 atom stereocenters. The first-order valence-electron chi connectivity index (χ1n) is 8.27. The summed E-state index contributed by atoms with van der Waals surface area (Å²) in [5, 5.41) is 3.56. The van der Waals surface area contributed by atoms with Crippen LogP contribution in [0.3, 0.4) is 0 Å². The molecule has 0 aliphatic heterocycles. The van der Waals surface area contributed by atoms with Gasteiger partial charge in [0.1, 0.15) is 11.5 Å². The fourth-order valence-corrected chi connectivity index (χ4v) is 2.46. The molecule has 2 rings (SSSR count). The molecule has 0 spiro atoms. The Bertz CT molecular complexity index is 703. The second-order valence-electron chi connectivity index (χ2n) is 6.25. The number of hydrogen-bond donors (Lipinski definition) is 1. The number of nitrogens with one attached hydrogen (secondary N) is 1. The minimum Gasteiger partial charge on any atom is -0.491 e. The van der Waals surface area contributed by atoms with E-state index in [1.807, 2.05) is 64.1 Å². The van der Waals surface area contributed by atoms with Crippen molar-refractivity contribution < 1.29 is 14.3 Å². The molecular formula is C20H24ClNO3. The average molecular weight is 362 g/mol. The van der Waals surface area contributed by atoms with Crippen LogP contribution in [0.25, 0.3) is 0 Å². The van der Waals surface area contributed by atoms with Gasteiger partial charge in [-0.05, 0) is 68.7 Å². The van der Waals surface area contributed by atoms with Crippen LogP contribution in [0, 0.1) is 13.8 Å². The van der Waals surface area contributed by atoms with Crippen molar-refractivity contribution in [3.8, 4) is 11.5 Å². The maximum absolute atomic E-state index is 12.0. The van der Waals surface area contributed by atoms with Crippen LogP contribution in [-0.4, -0.2) is 18.6 Å². The lowest BCUT2D eigenvalue weighted by atomic mass is 10.1. The highest BCUT2D eigenvalue weighted by Crippen LogP contribution is 2.25. The van der Waals surface area contributed by atoms with E-state index in [9.17, 15) is 4.79 Å². The molecule has 1 amide bonds. The maximum Gasteiger partial charge on any atom is 0.258 e. The van der Waals surface area contributed by atoms with Gasteiger partial charge in [-0.3, -0.25) is 4.79 Å². The van der Waals surface area contributed by atoms with E-state index < -0.39 is 0 Å². The molecule has 0 heterocycles. The molecule has 0 saturated heterocycles. The highest BCUT2D eigenvalue weighted by atomic mass is 35.5. The summed E-state index contributed by atoms with van der Waals surface area (Å²) in [4.78, 5) is 12.0. The van der Waals surface area contributed by atoms with Crippen molar-refractivity contribution in [2.45, 2.75) is 40.3 Å². The van der Waals surface area contributed by atoms with Crippen LogP contribution in [0.15, 0.2) is 36.4 Å². The Balaban J connectivity index is 1.81. The minimum atomic E-state index is -0.173. The second-order valence-corrected chi connectivity index (χ2v) is 6.62. The van der Waals surface area contributed by atoms with Crippen molar-refractivity contribution in [2.24, 2.45) is 0 Å². The van der Waals surface area contributed by atoms with E-state index in [0.717, 1.165) is 27.5 Å². The Labute approximate surface area is 154 Å². The van der Waals surface area contributed by atoms with Gasteiger partial charge in [-0.2, -0.15) is 0 Å². The number of rotatable bonds is 7. The van der Waals surface area contributed by atoms with E-state index in [2.05, 4.69) is 5.32 Å². The number of amides is 1. The summed E-state index contributed by atoms with van der Waals surface area (Å²) < 4.78 is 11.1. The smallest absolute Gasteiger partial charge is 0.258 e. The Morgan fingerprint density at radius 1 is 1.08 bits per heavy atom. The molecule has 2 aromatic rings. The van der Waals surface area contributed by atoms with E-state index in [1.165, 1.54) is 0 Å². The molecule has 0 aliphatic carbocycles. The molecule has 1 N–H and O–H groups in total. The van der Waals surface area contributed by atoms with Gasteiger partial charge in [0.15, 0.2) is 6.61 Å². The molecule has 0 saturated carbocycles. The Morgan fingerprint density at radius 3 is 2.24 bits per heavy atom. The Kier molecular flexibility index (Phi) is 6.71. The number of aryl methyl sites for hydroxylation is 2. The molecule has 4 nitrogen and oxygen atoms in total. The lowest BCUT2D eigenvalue weighted by Crippen LogP contribution is -2.28. The molecule has 0 radical (unpaired) electrons. The average Bonchev–Trinajstić information content (AvgIpc) is 2.56. The molecule has 25 heavy (non-hydrogen) atoms. The summed E-state index contributed by atoms with van der Waals surface area (Å²) in [5.74, 6) is 1.29. The number of halogens is 1. The summed E-state index contributed by atoms with van der Waals surface area (Å²) in [6, 6.07) is 11.3. The normalized spacial score (nSPS) is 10.6. The van der Waals surface area contributed by atoms with Gasteiger partial charge in [-0.25, -0.2) is 0 Å². The molecule has 0 fully saturated rings. The molecule has 134 valence electrons. The minimum absolute atomic E-state index is 0.0327. The third kappa shape index (κ3) is 5.98. The summed E-state index contributed by atoms with van der Waals surface area (Å²) >= 11 is 6.12. The summed E-state index contributed by atoms with van der Waals surface area (Å²) in [7, 11) is 0. The van der Waals surface area contributed by atoms with Gasteiger partial charge in [0.05, 0.1) is 6.10 Å². The predicted molar refractivity (Wildman–Crippen MR) is 100 cm³/mol. The van der Waals surface area contributed by atoms with E-state index in [1.54, 1.807) is 0 Å². The number of hydrogen-bond acceptors (Lipinski definition) is 3. The zero-order valence-corrected chi connectivity index (χ0v) is 15.8. The Morgan fingerprint density at radius 2 is 1.68 bits per heavy atom. The molecule has 2 aromatic carbocycles. The van der Waals surface area contributed by atoms with Crippen LogP contribution in [0.5, 0.6) is 11.5 Å². The van der Waals surface area contributed by atoms with E-state index >= 15 is 0 Å². The zero-order chi connectivity index (χ0) is 18.4. The fourth-order valence-electron chi connectivity index (χ4n) is 2.35. The molecule has 0 aromatic heterocycles. The van der Waals surface area contributed by atoms with Crippen molar-refractivity contribution in [2.75, 3.05) is 6.61 Å². The monoisotopic (exact) mass is 361 g/mol. The number of carbonyl (C=O) groups excluding carboxylic acids is 1. The first kappa shape index (κ1) is 19.1. The molecule has 0 aliphatic rings. The first-order chi connectivity index (χ1) is 11.8. The molecular weight excluding hydrogens is 338 g/mol. The topological polar surface area (TPSA) is 47.6 Å². The van der Waals surface area contributed by atoms with Crippen molar-refractivity contribution in [3.63, 3.8) is 0 Å². The number of carbonyl (C=O) groups is 1. The summed E-state index contributed by atoms with van der Waals surface area (Å²) in [5.41, 5.74) is 2.87. The van der Waals surface area contributed by atoms with Crippen LogP contribution in [0.2, 0.25) is 5.02 Å². The third-order valence-corrected chi connectivity index (χ3v) is 4.16. The van der Waals surface area contributed by atoms with E-state index in [0.29, 0.717) is 12.3 Å². The first-order valence-corrected chi connectivity index (χ1v) is 8.65. The highest BCUT2D eigenvalue weighted by molar-refractivity contribution is 6.32. The standard InChI is InChI=1S/C20H24ClNO3/c1-13(2)25-17-7-5-16(6-8-17)11-22-19(23)12-24-18-9-14(3)20(21)15(4)10-18/h5-10,13H,11-12H2,1-4H3,(H,22,23). The van der Waals surface area contributed by atoms with Crippen LogP contribution < -0.4 is 14.8 Å². The van der Waals surface area contributed by atoms with Gasteiger partial charge in [0, 0.05) is 11.6 Å². The quantitative estimate of drug-likeness (QED) is 0.793. The van der Waals surface area contributed by atoms with Crippen molar-refractivity contribution in [1.82, 2.24) is 5.32 Å². The summed E-state index contributed by atoms with van der Waals surface area (Å²) in [6.45, 7) is 8.21. The van der Waals surface area contributed by atoms with Crippen LogP contribution in [0.1, 0.15) is 30.5 Å². The lowest BCUT2D eigenvalue weighted by molar-refractivity contribution is -0.123. The molecule has 0 bridgehead atoms. The lowest BCUT2D eigenvalue weighted by Gasteiger charge is -2.11. The van der Waals surface area contributed by atoms with Gasteiger partial charge in [0.2, 0.25) is 0 Å². The van der Waals surface area contributed by atoms with E-state index in [4.69, 9.17) is 21.1 Å². The van der Waals surface area contributed by atoms with Crippen LogP contribution in [0.4, 0.5) is 0 Å². The van der Waals surface area contributed by atoms with Crippen molar-refractivity contribution in [3.05, 3.63) is 58.1 Å². The van der Waals surface area contributed by atoms with E-state index in [-0.39, 0.29) is 18.6 Å². The number of benzene rings is 2. The Hall–Kier alpha value is -2.20. The van der Waals surface area contributed by atoms with Gasteiger partial charge in [-0.15, -0.1) is 0 Å². The predicted octanol–water partition coefficient (Wildman–Crippen LogP) is 4.44. The van der Waals surface area contributed by atoms with Crippen molar-refractivity contribution >= 4 is 17.5 Å². The summed E-state index contributed by atoms with van der Waals surface area (Å²) in [6.07, 6.45) is 0.142. The molecule has 5 heteroatoms. The van der Waals surface area contributed by atoms with Gasteiger partial charge in [-0.1, -0.05) is 23.7 Å². The third-order valence-electron chi connectivity index (χ3n) is 3.56. The maximum atomic E-state index is 12.0. The van der Waals surface area contributed by atoms with Crippen LogP contribution in [-0.2, 0) is 11.3 Å².